The lowest BCUT2D eigenvalue weighted by Crippen LogP contribution is -2.47. The minimum Gasteiger partial charge on any atom is -0.347 e. The van der Waals surface area contributed by atoms with Gasteiger partial charge in [0.05, 0.1) is 11.5 Å². The summed E-state index contributed by atoms with van der Waals surface area (Å²) in [7, 11) is 3.00. The molecule has 3 aliphatic rings. The van der Waals surface area contributed by atoms with Crippen LogP contribution in [-0.4, -0.2) is 25.8 Å². The van der Waals surface area contributed by atoms with Crippen LogP contribution >= 0.6 is 0 Å². The van der Waals surface area contributed by atoms with E-state index in [-0.39, 0.29) is 29.5 Å². The van der Waals surface area contributed by atoms with Gasteiger partial charge in [0.15, 0.2) is 5.78 Å². The molecule has 1 aromatic rings. The van der Waals surface area contributed by atoms with Crippen molar-refractivity contribution < 1.29 is 14.3 Å². The highest BCUT2D eigenvalue weighted by atomic mass is 16.7. The molecule has 4 rings (SSSR count). The number of hydrogen-bond donors (Lipinski definition) is 0. The third-order valence-electron chi connectivity index (χ3n) is 5.93. The zero-order valence-corrected chi connectivity index (χ0v) is 12.1. The number of nitrogens with zero attached hydrogens (tertiary/aromatic N) is 1. The number of Topliss-reactive ketones (excluding diaryl/α,β-unsaturated/α-hetero) is 1. The third kappa shape index (κ3) is 1.21. The van der Waals surface area contributed by atoms with Gasteiger partial charge in [0.1, 0.15) is 0 Å². The Bertz CT molecular complexity index is 646. The first-order chi connectivity index (χ1) is 10.2. The Morgan fingerprint density at radius 2 is 1.90 bits per heavy atom. The molecule has 108 valence electrons. The smallest absolute Gasteiger partial charge is 0.233 e. The molecule has 4 heteroatoms. The molecule has 1 aromatic carbocycles. The minimum atomic E-state index is -1.22. The largest absolute Gasteiger partial charge is 0.347 e. The zero-order valence-electron chi connectivity index (χ0n) is 12.1. The Hall–Kier alpha value is -1.70. The molecule has 0 aliphatic heterocycles. The molecule has 0 radical (unpaired) electrons. The minimum absolute atomic E-state index is 0.0394. The van der Waals surface area contributed by atoms with Crippen LogP contribution in [0.25, 0.3) is 0 Å². The van der Waals surface area contributed by atoms with E-state index in [9.17, 15) is 10.1 Å². The molecule has 4 nitrogen and oxygen atoms in total. The molecule has 3 fully saturated rings. The lowest BCUT2D eigenvalue weighted by atomic mass is 9.87. The van der Waals surface area contributed by atoms with Crippen LogP contribution in [-0.2, 0) is 14.3 Å². The summed E-state index contributed by atoms with van der Waals surface area (Å²) < 4.78 is 11.0. The van der Waals surface area contributed by atoms with Crippen LogP contribution in [0.2, 0.25) is 0 Å². The first kappa shape index (κ1) is 13.0. The fourth-order valence-corrected chi connectivity index (χ4v) is 5.12. The highest BCUT2D eigenvalue weighted by Gasteiger charge is 2.89. The number of carbonyl (C=O) groups excluding carboxylic acids is 1. The van der Waals surface area contributed by atoms with E-state index in [0.717, 1.165) is 6.42 Å². The normalized spacial score (nSPS) is 41.7. The van der Waals surface area contributed by atoms with Crippen molar-refractivity contribution in [1.29, 1.82) is 5.26 Å². The van der Waals surface area contributed by atoms with Gasteiger partial charge < -0.3 is 9.47 Å². The van der Waals surface area contributed by atoms with Crippen molar-refractivity contribution in [2.24, 2.45) is 23.2 Å². The van der Waals surface area contributed by atoms with Gasteiger partial charge in [-0.05, 0) is 23.8 Å². The zero-order chi connectivity index (χ0) is 14.8. The third-order valence-corrected chi connectivity index (χ3v) is 5.93. The Labute approximate surface area is 123 Å². The fourth-order valence-electron chi connectivity index (χ4n) is 5.12. The van der Waals surface area contributed by atoms with E-state index in [1.54, 1.807) is 0 Å². The van der Waals surface area contributed by atoms with E-state index in [2.05, 4.69) is 18.2 Å². The number of benzene rings is 1. The number of hydrogen-bond acceptors (Lipinski definition) is 4. The van der Waals surface area contributed by atoms with E-state index < -0.39 is 11.2 Å². The van der Waals surface area contributed by atoms with Gasteiger partial charge in [0.2, 0.25) is 5.79 Å². The summed E-state index contributed by atoms with van der Waals surface area (Å²) in [6.07, 6.45) is 0.770. The van der Waals surface area contributed by atoms with E-state index in [1.807, 2.05) is 18.2 Å². The van der Waals surface area contributed by atoms with Crippen LogP contribution in [0.5, 0.6) is 0 Å². The van der Waals surface area contributed by atoms with Gasteiger partial charge in [-0.2, -0.15) is 5.26 Å². The van der Waals surface area contributed by atoms with Gasteiger partial charge in [0, 0.05) is 26.1 Å². The Kier molecular flexibility index (Phi) is 2.44. The van der Waals surface area contributed by atoms with Gasteiger partial charge in [-0.3, -0.25) is 4.79 Å². The molecule has 0 amide bonds. The predicted molar refractivity (Wildman–Crippen MR) is 74.1 cm³/mol. The van der Waals surface area contributed by atoms with Crippen molar-refractivity contribution in [2.45, 2.75) is 18.1 Å². The van der Waals surface area contributed by atoms with Crippen LogP contribution in [0, 0.1) is 34.5 Å². The molecule has 0 bridgehead atoms. The second kappa shape index (κ2) is 3.94. The summed E-state index contributed by atoms with van der Waals surface area (Å²) in [6, 6.07) is 12.6. The van der Waals surface area contributed by atoms with Crippen molar-refractivity contribution in [3.8, 4) is 6.07 Å². The number of nitriles is 1. The molecule has 3 saturated carbocycles. The molecule has 0 spiro atoms. The lowest BCUT2D eigenvalue weighted by molar-refractivity contribution is -0.225. The van der Waals surface area contributed by atoms with E-state index in [1.165, 1.54) is 19.8 Å². The van der Waals surface area contributed by atoms with E-state index in [4.69, 9.17) is 9.47 Å². The average Bonchev–Trinajstić information content (AvgIpc) is 3.05. The Morgan fingerprint density at radius 1 is 1.24 bits per heavy atom. The quantitative estimate of drug-likeness (QED) is 0.797. The molecule has 3 aliphatic carbocycles. The maximum Gasteiger partial charge on any atom is 0.233 e. The molecule has 0 saturated heterocycles. The summed E-state index contributed by atoms with van der Waals surface area (Å²) >= 11 is 0. The SMILES string of the molecule is COC1(OC)C(=O)[C@@H]2[C@@H]3[C@@H](c4ccccc4)C[C@H]1[C@@]32C#N. The highest BCUT2D eigenvalue weighted by molar-refractivity contribution is 5.98. The Balaban J connectivity index is 1.80. The molecular formula is C17H17NO3. The van der Waals surface area contributed by atoms with E-state index in [0.29, 0.717) is 0 Å². The van der Waals surface area contributed by atoms with Crippen molar-refractivity contribution in [3.05, 3.63) is 35.9 Å². The molecule has 0 heterocycles. The summed E-state index contributed by atoms with van der Waals surface area (Å²) in [5, 5.41) is 9.74. The lowest BCUT2D eigenvalue weighted by Gasteiger charge is -2.32. The van der Waals surface area contributed by atoms with Crippen LogP contribution < -0.4 is 0 Å². The first-order valence-electron chi connectivity index (χ1n) is 7.28. The van der Waals surface area contributed by atoms with Gasteiger partial charge >= 0.3 is 0 Å². The summed E-state index contributed by atoms with van der Waals surface area (Å²) in [5.74, 6) is -1.29. The maximum absolute atomic E-state index is 12.7. The first-order valence-corrected chi connectivity index (χ1v) is 7.28. The number of rotatable bonds is 3. The van der Waals surface area contributed by atoms with Gasteiger partial charge in [-0.25, -0.2) is 0 Å². The number of methoxy groups -OCH3 is 2. The molecule has 0 aromatic heterocycles. The van der Waals surface area contributed by atoms with Crippen LogP contribution in [0.15, 0.2) is 30.3 Å². The van der Waals surface area contributed by atoms with E-state index >= 15 is 0 Å². The van der Waals surface area contributed by atoms with Gasteiger partial charge in [0.25, 0.3) is 0 Å². The summed E-state index contributed by atoms with van der Waals surface area (Å²) in [4.78, 5) is 12.7. The molecular weight excluding hydrogens is 266 g/mol. The van der Waals surface area contributed by atoms with Gasteiger partial charge in [-0.15, -0.1) is 0 Å². The van der Waals surface area contributed by atoms with Crippen molar-refractivity contribution in [2.75, 3.05) is 14.2 Å². The van der Waals surface area contributed by atoms with Crippen LogP contribution in [0.4, 0.5) is 0 Å². The maximum atomic E-state index is 12.7. The average molecular weight is 283 g/mol. The monoisotopic (exact) mass is 283 g/mol. The van der Waals surface area contributed by atoms with Crippen molar-refractivity contribution >= 4 is 5.78 Å². The van der Waals surface area contributed by atoms with Crippen molar-refractivity contribution in [3.63, 3.8) is 0 Å². The van der Waals surface area contributed by atoms with Crippen LogP contribution in [0.1, 0.15) is 17.9 Å². The molecule has 5 atom stereocenters. The number of ketones is 1. The van der Waals surface area contributed by atoms with Crippen LogP contribution in [0.3, 0.4) is 0 Å². The number of carbonyl (C=O) groups is 1. The molecule has 21 heavy (non-hydrogen) atoms. The molecule has 0 unspecified atom stereocenters. The number of fused-ring (bicyclic) bond motifs is 1. The fraction of sp³-hybridized carbons (Fsp3) is 0.529. The summed E-state index contributed by atoms with van der Waals surface area (Å²) in [6.45, 7) is 0. The van der Waals surface area contributed by atoms with Gasteiger partial charge in [-0.1, -0.05) is 30.3 Å². The topological polar surface area (TPSA) is 59.3 Å². The second-order valence-corrected chi connectivity index (χ2v) is 6.29. The van der Waals surface area contributed by atoms with Crippen molar-refractivity contribution in [1.82, 2.24) is 0 Å². The highest BCUT2D eigenvalue weighted by Crippen LogP contribution is 2.82. The summed E-state index contributed by atoms with van der Waals surface area (Å²) in [5.41, 5.74) is 0.631. The standard InChI is InChI=1S/C17H17NO3/c1-20-17(21-2)12-8-11(10-6-4-3-5-7-10)13-14(15(17)19)16(12,13)9-18/h3-7,11-14H,8H2,1-2H3/t11-,12+,13+,14+,16+/m1/s1. The number of ether oxygens (including phenoxy) is 2. The second-order valence-electron chi connectivity index (χ2n) is 6.29. The predicted octanol–water partition coefficient (Wildman–Crippen LogP) is 2.12. The molecule has 0 N–H and O–H groups in total. The Morgan fingerprint density at radius 3 is 2.43 bits per heavy atom.